The molecule has 1 aromatic rings. The van der Waals surface area contributed by atoms with Crippen LogP contribution < -0.4 is 5.14 Å². The lowest BCUT2D eigenvalue weighted by molar-refractivity contribution is 0.506. The van der Waals surface area contributed by atoms with Crippen LogP contribution in [0.4, 0.5) is 8.78 Å². The third kappa shape index (κ3) is 1.80. The van der Waals surface area contributed by atoms with Gasteiger partial charge in [0.15, 0.2) is 11.6 Å². The third-order valence-corrected chi connectivity index (χ3v) is 2.16. The molecule has 0 radical (unpaired) electrons. The maximum atomic E-state index is 12.6. The normalized spacial score (nSPS) is 13.0. The van der Waals surface area contributed by atoms with Crippen molar-refractivity contribution < 1.29 is 13.0 Å². The van der Waals surface area contributed by atoms with Crippen LogP contribution in [0.2, 0.25) is 5.02 Å². The van der Waals surface area contributed by atoms with E-state index < -0.39 is 27.6 Å². The lowest BCUT2D eigenvalue weighted by Gasteiger charge is -1.99. The molecule has 0 amide bonds. The summed E-state index contributed by atoms with van der Waals surface area (Å²) in [7, 11) is -1.85. The van der Waals surface area contributed by atoms with Gasteiger partial charge in [0.05, 0.1) is 9.92 Å². The minimum Gasteiger partial charge on any atom is -0.248 e. The topological polar surface area (TPSA) is 43.1 Å². The van der Waals surface area contributed by atoms with Gasteiger partial charge in [-0.05, 0) is 12.1 Å². The molecule has 1 aromatic carbocycles. The van der Waals surface area contributed by atoms with Gasteiger partial charge in [-0.3, -0.25) is 0 Å². The number of rotatable bonds is 1. The van der Waals surface area contributed by atoms with Crippen molar-refractivity contribution in [2.24, 2.45) is 5.14 Å². The van der Waals surface area contributed by atoms with Crippen molar-refractivity contribution in [2.45, 2.75) is 4.90 Å². The highest BCUT2D eigenvalue weighted by atomic mass is 35.5. The fourth-order valence-corrected chi connectivity index (χ4v) is 1.37. The Kier molecular flexibility index (Phi) is 2.76. The van der Waals surface area contributed by atoms with E-state index in [0.29, 0.717) is 0 Å². The molecule has 0 heterocycles. The smallest absolute Gasteiger partial charge is 0.177 e. The summed E-state index contributed by atoms with van der Waals surface area (Å²) in [4.78, 5) is -0.0427. The highest BCUT2D eigenvalue weighted by Crippen LogP contribution is 2.20. The van der Waals surface area contributed by atoms with Crippen molar-refractivity contribution in [3.05, 3.63) is 28.8 Å². The summed E-state index contributed by atoms with van der Waals surface area (Å²) in [6.45, 7) is 0. The van der Waals surface area contributed by atoms with Gasteiger partial charge in [-0.2, -0.15) is 0 Å². The van der Waals surface area contributed by atoms with Crippen molar-refractivity contribution in [1.82, 2.24) is 0 Å². The first-order valence-electron chi connectivity index (χ1n) is 2.83. The van der Waals surface area contributed by atoms with Crippen molar-refractivity contribution in [1.29, 1.82) is 0 Å². The average Bonchev–Trinajstić information content (AvgIpc) is 1.99. The van der Waals surface area contributed by atoms with E-state index in [-0.39, 0.29) is 4.90 Å². The predicted molar refractivity (Wildman–Crippen MR) is 42.0 cm³/mol. The molecule has 0 aromatic heterocycles. The molecule has 6 heteroatoms. The maximum absolute atomic E-state index is 12.6. The molecule has 66 valence electrons. The van der Waals surface area contributed by atoms with Crippen LogP contribution in [-0.2, 0) is 11.0 Å². The molecule has 0 aliphatic rings. The van der Waals surface area contributed by atoms with E-state index in [1.807, 2.05) is 0 Å². The van der Waals surface area contributed by atoms with Gasteiger partial charge in [-0.15, -0.1) is 0 Å². The molecule has 0 saturated carbocycles. The van der Waals surface area contributed by atoms with Crippen LogP contribution in [0.1, 0.15) is 0 Å². The van der Waals surface area contributed by atoms with Crippen LogP contribution in [0.3, 0.4) is 0 Å². The van der Waals surface area contributed by atoms with E-state index in [1.165, 1.54) is 0 Å². The van der Waals surface area contributed by atoms with Gasteiger partial charge in [0.25, 0.3) is 0 Å². The average molecular weight is 212 g/mol. The van der Waals surface area contributed by atoms with Crippen molar-refractivity contribution in [3.8, 4) is 0 Å². The van der Waals surface area contributed by atoms with Gasteiger partial charge in [-0.1, -0.05) is 11.6 Å². The van der Waals surface area contributed by atoms with Gasteiger partial charge in [0, 0.05) is 0 Å². The van der Waals surface area contributed by atoms with Gasteiger partial charge < -0.3 is 0 Å². The monoisotopic (exact) mass is 211 g/mol. The van der Waals surface area contributed by atoms with E-state index in [0.717, 1.165) is 12.1 Å². The van der Waals surface area contributed by atoms with Gasteiger partial charge >= 0.3 is 0 Å². The van der Waals surface area contributed by atoms with Crippen LogP contribution in [0.25, 0.3) is 0 Å². The van der Waals surface area contributed by atoms with Crippen molar-refractivity contribution in [3.63, 3.8) is 0 Å². The first-order valence-corrected chi connectivity index (χ1v) is 4.42. The summed E-state index contributed by atoms with van der Waals surface area (Å²) in [5.74, 6) is -2.32. The lowest BCUT2D eigenvalue weighted by Crippen LogP contribution is -2.03. The van der Waals surface area contributed by atoms with E-state index in [9.17, 15) is 13.0 Å². The SMILES string of the molecule is NS(=O)c1cc(F)c(F)c(Cl)c1. The molecule has 0 aliphatic carbocycles. The molecule has 12 heavy (non-hydrogen) atoms. The number of nitrogens with two attached hydrogens (primary N) is 1. The van der Waals surface area contributed by atoms with Crippen LogP contribution in [0.5, 0.6) is 0 Å². The van der Waals surface area contributed by atoms with E-state index in [1.54, 1.807) is 0 Å². The summed E-state index contributed by atoms with van der Waals surface area (Å²) in [5, 5.41) is 4.50. The molecule has 0 fully saturated rings. The zero-order valence-electron chi connectivity index (χ0n) is 5.68. The summed E-state index contributed by atoms with van der Waals surface area (Å²) in [6, 6.07) is 1.77. The fraction of sp³-hybridized carbons (Fsp3) is 0. The summed E-state index contributed by atoms with van der Waals surface area (Å²) >= 11 is 5.26. The predicted octanol–water partition coefficient (Wildman–Crippen LogP) is 1.60. The molecule has 1 rings (SSSR count). The van der Waals surface area contributed by atoms with Crippen LogP contribution in [0.15, 0.2) is 17.0 Å². The molecule has 0 bridgehead atoms. The molecular weight excluding hydrogens is 208 g/mol. The minimum absolute atomic E-state index is 0.0427. The Morgan fingerprint density at radius 3 is 2.42 bits per heavy atom. The Bertz CT molecular complexity index is 321. The van der Waals surface area contributed by atoms with Gasteiger partial charge in [0.2, 0.25) is 0 Å². The number of benzene rings is 1. The van der Waals surface area contributed by atoms with Gasteiger partial charge in [-0.25, -0.2) is 18.1 Å². The van der Waals surface area contributed by atoms with Crippen LogP contribution in [-0.4, -0.2) is 4.21 Å². The molecule has 0 saturated heterocycles. The molecule has 2 N–H and O–H groups in total. The van der Waals surface area contributed by atoms with Gasteiger partial charge in [0.1, 0.15) is 11.0 Å². The van der Waals surface area contributed by atoms with E-state index in [2.05, 4.69) is 0 Å². The Labute approximate surface area is 74.9 Å². The van der Waals surface area contributed by atoms with Crippen molar-refractivity contribution in [2.75, 3.05) is 0 Å². The largest absolute Gasteiger partial charge is 0.248 e. The van der Waals surface area contributed by atoms with E-state index >= 15 is 0 Å². The molecule has 0 spiro atoms. The summed E-state index contributed by atoms with van der Waals surface area (Å²) in [5.41, 5.74) is 0. The zero-order valence-corrected chi connectivity index (χ0v) is 7.25. The molecule has 2 nitrogen and oxygen atoms in total. The lowest BCUT2D eigenvalue weighted by atomic mass is 10.3. The maximum Gasteiger partial charge on any atom is 0.177 e. The number of hydrogen-bond donors (Lipinski definition) is 1. The molecule has 0 aliphatic heterocycles. The Morgan fingerprint density at radius 1 is 1.42 bits per heavy atom. The number of hydrogen-bond acceptors (Lipinski definition) is 1. The standard InChI is InChI=1S/C6H4ClF2NOS/c7-4-1-3(12(10)11)2-5(8)6(4)9/h1-2H,10H2. The Morgan fingerprint density at radius 2 is 2.00 bits per heavy atom. The second-order valence-corrected chi connectivity index (χ2v) is 3.47. The number of halogens is 3. The fourth-order valence-electron chi connectivity index (χ4n) is 0.648. The summed E-state index contributed by atoms with van der Waals surface area (Å²) in [6.07, 6.45) is 0. The first-order chi connectivity index (χ1) is 5.52. The second kappa shape index (κ2) is 3.47. The highest BCUT2D eigenvalue weighted by Gasteiger charge is 2.10. The third-order valence-electron chi connectivity index (χ3n) is 1.19. The zero-order chi connectivity index (χ0) is 9.30. The quantitative estimate of drug-likeness (QED) is 0.705. The minimum atomic E-state index is -1.85. The molecule has 1 atom stereocenters. The second-order valence-electron chi connectivity index (χ2n) is 2.00. The highest BCUT2D eigenvalue weighted by molar-refractivity contribution is 7.82. The molecule has 1 unspecified atom stereocenters. The Balaban J connectivity index is 3.31. The summed E-state index contributed by atoms with van der Waals surface area (Å²) < 4.78 is 35.7. The Hall–Kier alpha value is -0.520. The van der Waals surface area contributed by atoms with E-state index in [4.69, 9.17) is 16.7 Å². The van der Waals surface area contributed by atoms with Crippen LogP contribution >= 0.6 is 11.6 Å². The van der Waals surface area contributed by atoms with Crippen molar-refractivity contribution >= 4 is 22.6 Å². The first kappa shape index (κ1) is 9.57. The van der Waals surface area contributed by atoms with Crippen LogP contribution in [0, 0.1) is 11.6 Å². The molecular formula is C6H4ClF2NOS.